The number of ether oxygens (including phenoxy) is 1. The van der Waals surface area contributed by atoms with E-state index in [1.165, 1.54) is 6.07 Å². The van der Waals surface area contributed by atoms with Crippen LogP contribution >= 0.6 is 0 Å². The number of carbonyl (C=O) groups excluding carboxylic acids is 2. The molecule has 0 aromatic heterocycles. The second-order valence-corrected chi connectivity index (χ2v) is 10.2. The van der Waals surface area contributed by atoms with Crippen LogP contribution in [-0.4, -0.2) is 67.6 Å². The lowest BCUT2D eigenvalue weighted by Gasteiger charge is -2.25. The molecule has 3 heterocycles. The van der Waals surface area contributed by atoms with Gasteiger partial charge in [-0.15, -0.1) is 0 Å². The molecule has 6 nitrogen and oxygen atoms in total. The maximum absolute atomic E-state index is 13.9. The lowest BCUT2D eigenvalue weighted by atomic mass is 10.0. The van der Waals surface area contributed by atoms with E-state index in [2.05, 4.69) is 22.3 Å². The second kappa shape index (κ2) is 10.5. The third kappa shape index (κ3) is 5.26. The van der Waals surface area contributed by atoms with Gasteiger partial charge in [0.05, 0.1) is 18.6 Å². The summed E-state index contributed by atoms with van der Waals surface area (Å²) in [7, 11) is 0. The molecule has 35 heavy (non-hydrogen) atoms. The number of likely N-dealkylation sites (tertiary alicyclic amines) is 2. The van der Waals surface area contributed by atoms with Crippen molar-refractivity contribution in [1.82, 2.24) is 15.1 Å². The van der Waals surface area contributed by atoms with E-state index in [0.717, 1.165) is 51.1 Å². The average molecular weight is 480 g/mol. The number of nitrogens with zero attached hydrogens (tertiary/aromatic N) is 2. The standard InChI is InChI=1S/C28H34FN3O3/c1-19-24(8-5-9-25(19)29)28(34)32-16-22-14-31(15-23(22)17-32)12-10-26(20-6-3-2-4-7-20)30-27(33)21-11-13-35-18-21/h2-9,21-23,26H,10-18H2,1H3,(H,30,33)/t21?,22?,23?,26-/m0/s1. The van der Waals surface area contributed by atoms with E-state index in [4.69, 9.17) is 4.74 Å². The van der Waals surface area contributed by atoms with Crippen molar-refractivity contribution in [2.75, 3.05) is 45.9 Å². The van der Waals surface area contributed by atoms with Gasteiger partial charge in [0.25, 0.3) is 5.91 Å². The highest BCUT2D eigenvalue weighted by molar-refractivity contribution is 5.95. The first kappa shape index (κ1) is 23.9. The molecule has 7 heteroatoms. The molecule has 2 aromatic rings. The number of amides is 2. The summed E-state index contributed by atoms with van der Waals surface area (Å²) < 4.78 is 19.3. The van der Waals surface area contributed by atoms with E-state index in [9.17, 15) is 14.0 Å². The third-order valence-electron chi connectivity index (χ3n) is 7.90. The zero-order valence-electron chi connectivity index (χ0n) is 20.3. The summed E-state index contributed by atoms with van der Waals surface area (Å²) in [6.07, 6.45) is 1.63. The molecule has 3 aliphatic rings. The first-order valence-electron chi connectivity index (χ1n) is 12.7. The van der Waals surface area contributed by atoms with Crippen LogP contribution in [0.5, 0.6) is 0 Å². The molecule has 0 radical (unpaired) electrons. The fourth-order valence-electron chi connectivity index (χ4n) is 5.80. The molecule has 3 fully saturated rings. The Morgan fingerprint density at radius 3 is 2.49 bits per heavy atom. The van der Waals surface area contributed by atoms with Gasteiger partial charge in [-0.25, -0.2) is 4.39 Å². The molecule has 2 aromatic carbocycles. The number of rotatable bonds is 7. The number of halogens is 1. The Hall–Kier alpha value is -2.77. The molecule has 3 aliphatic heterocycles. The minimum Gasteiger partial charge on any atom is -0.381 e. The first-order chi connectivity index (χ1) is 17.0. The van der Waals surface area contributed by atoms with Crippen LogP contribution in [0.25, 0.3) is 0 Å². The van der Waals surface area contributed by atoms with Crippen molar-refractivity contribution < 1.29 is 18.7 Å². The Labute approximate surface area is 206 Å². The number of nitrogens with one attached hydrogen (secondary N) is 1. The summed E-state index contributed by atoms with van der Waals surface area (Å²) in [6, 6.07) is 14.9. The number of benzene rings is 2. The second-order valence-electron chi connectivity index (χ2n) is 10.2. The molecule has 0 aliphatic carbocycles. The van der Waals surface area contributed by atoms with Crippen molar-refractivity contribution in [3.8, 4) is 0 Å². The molecule has 0 saturated carbocycles. The number of fused-ring (bicyclic) bond motifs is 1. The monoisotopic (exact) mass is 479 g/mol. The maximum Gasteiger partial charge on any atom is 0.254 e. The van der Waals surface area contributed by atoms with Crippen LogP contribution in [-0.2, 0) is 9.53 Å². The summed E-state index contributed by atoms with van der Waals surface area (Å²) >= 11 is 0. The molecule has 3 unspecified atom stereocenters. The topological polar surface area (TPSA) is 61.9 Å². The van der Waals surface area contributed by atoms with Crippen LogP contribution in [0.2, 0.25) is 0 Å². The highest BCUT2D eigenvalue weighted by Crippen LogP contribution is 2.33. The molecule has 186 valence electrons. The summed E-state index contributed by atoms with van der Waals surface area (Å²) in [6.45, 7) is 7.06. The Bertz CT molecular complexity index is 1040. The van der Waals surface area contributed by atoms with Crippen molar-refractivity contribution in [3.05, 3.63) is 71.0 Å². The van der Waals surface area contributed by atoms with Crippen LogP contribution in [0.3, 0.4) is 0 Å². The molecular formula is C28H34FN3O3. The van der Waals surface area contributed by atoms with Crippen molar-refractivity contribution in [1.29, 1.82) is 0 Å². The van der Waals surface area contributed by atoms with E-state index in [-0.39, 0.29) is 29.6 Å². The Morgan fingerprint density at radius 1 is 1.06 bits per heavy atom. The third-order valence-corrected chi connectivity index (χ3v) is 7.90. The van der Waals surface area contributed by atoms with Gasteiger partial charge in [0.1, 0.15) is 5.82 Å². The predicted octanol–water partition coefficient (Wildman–Crippen LogP) is 3.42. The van der Waals surface area contributed by atoms with E-state index in [1.807, 2.05) is 23.1 Å². The first-order valence-corrected chi connectivity index (χ1v) is 12.7. The van der Waals surface area contributed by atoms with Gasteiger partial charge in [0.2, 0.25) is 5.91 Å². The largest absolute Gasteiger partial charge is 0.381 e. The van der Waals surface area contributed by atoms with E-state index in [1.54, 1.807) is 19.1 Å². The summed E-state index contributed by atoms with van der Waals surface area (Å²) in [5.74, 6) is 0.503. The quantitative estimate of drug-likeness (QED) is 0.661. The highest BCUT2D eigenvalue weighted by atomic mass is 19.1. The predicted molar refractivity (Wildman–Crippen MR) is 131 cm³/mol. The summed E-state index contributed by atoms with van der Waals surface area (Å²) in [5, 5.41) is 3.27. The molecule has 1 N–H and O–H groups in total. The van der Waals surface area contributed by atoms with Crippen molar-refractivity contribution >= 4 is 11.8 Å². The fraction of sp³-hybridized carbons (Fsp3) is 0.500. The van der Waals surface area contributed by atoms with Crippen LogP contribution in [0.15, 0.2) is 48.5 Å². The van der Waals surface area contributed by atoms with Gasteiger partial charge >= 0.3 is 0 Å². The van der Waals surface area contributed by atoms with Crippen LogP contribution in [0, 0.1) is 30.5 Å². The van der Waals surface area contributed by atoms with Gasteiger partial charge < -0.3 is 19.9 Å². The number of hydrogen-bond donors (Lipinski definition) is 1. The lowest BCUT2D eigenvalue weighted by molar-refractivity contribution is -0.125. The van der Waals surface area contributed by atoms with Crippen LogP contribution in [0.4, 0.5) is 4.39 Å². The minimum absolute atomic E-state index is 0.0289. The van der Waals surface area contributed by atoms with Crippen LogP contribution < -0.4 is 5.32 Å². The van der Waals surface area contributed by atoms with E-state index in [0.29, 0.717) is 36.2 Å². The van der Waals surface area contributed by atoms with Gasteiger partial charge in [0.15, 0.2) is 0 Å². The highest BCUT2D eigenvalue weighted by Gasteiger charge is 2.42. The summed E-state index contributed by atoms with van der Waals surface area (Å²) in [5.41, 5.74) is 2.02. The zero-order valence-corrected chi connectivity index (χ0v) is 20.3. The number of carbonyl (C=O) groups is 2. The zero-order chi connectivity index (χ0) is 24.4. The SMILES string of the molecule is Cc1c(F)cccc1C(=O)N1CC2CN(CC[C@H](NC(=O)C3CCOC3)c3ccccc3)CC2C1. The molecule has 2 amide bonds. The fourth-order valence-corrected chi connectivity index (χ4v) is 5.80. The molecule has 4 atom stereocenters. The Kier molecular flexibility index (Phi) is 7.16. The van der Waals surface area contributed by atoms with Gasteiger partial charge in [-0.3, -0.25) is 9.59 Å². The van der Waals surface area contributed by atoms with Gasteiger partial charge in [-0.1, -0.05) is 36.4 Å². The number of hydrogen-bond acceptors (Lipinski definition) is 4. The van der Waals surface area contributed by atoms with Gasteiger partial charge in [-0.05, 0) is 54.9 Å². The maximum atomic E-state index is 13.9. The molecule has 0 bridgehead atoms. The van der Waals surface area contributed by atoms with Crippen LogP contribution in [0.1, 0.15) is 40.4 Å². The smallest absolute Gasteiger partial charge is 0.254 e. The normalized spacial score (nSPS) is 25.0. The minimum atomic E-state index is -0.332. The molecule has 0 spiro atoms. The molecule has 5 rings (SSSR count). The Morgan fingerprint density at radius 2 is 1.80 bits per heavy atom. The van der Waals surface area contributed by atoms with Gasteiger partial charge in [-0.2, -0.15) is 0 Å². The average Bonchev–Trinajstić information content (AvgIpc) is 3.60. The molecule has 3 saturated heterocycles. The Balaban J connectivity index is 1.16. The van der Waals surface area contributed by atoms with Crippen molar-refractivity contribution in [2.24, 2.45) is 17.8 Å². The van der Waals surface area contributed by atoms with E-state index >= 15 is 0 Å². The van der Waals surface area contributed by atoms with Gasteiger partial charge in [0, 0.05) is 44.9 Å². The lowest BCUT2D eigenvalue weighted by Crippen LogP contribution is -2.37. The van der Waals surface area contributed by atoms with Crippen molar-refractivity contribution in [3.63, 3.8) is 0 Å². The van der Waals surface area contributed by atoms with E-state index < -0.39 is 0 Å². The van der Waals surface area contributed by atoms with Crippen molar-refractivity contribution in [2.45, 2.75) is 25.8 Å². The molecular weight excluding hydrogens is 445 g/mol. The summed E-state index contributed by atoms with van der Waals surface area (Å²) in [4.78, 5) is 30.2.